The molecular formula is C10H8Br2O. The molecule has 1 aromatic rings. The third-order valence-corrected chi connectivity index (χ3v) is 2.83. The summed E-state index contributed by atoms with van der Waals surface area (Å²) in [5, 5.41) is 0. The van der Waals surface area contributed by atoms with Crippen LogP contribution in [-0.2, 0) is 11.2 Å². The maximum Gasteiger partial charge on any atom is 0.173 e. The summed E-state index contributed by atoms with van der Waals surface area (Å²) in [4.78, 5) is 11.3. The summed E-state index contributed by atoms with van der Waals surface area (Å²) in [5.74, 6) is 0.00639. The Labute approximate surface area is 94.1 Å². The molecule has 1 nitrogen and oxygen atoms in total. The van der Waals surface area contributed by atoms with Crippen molar-refractivity contribution in [2.75, 3.05) is 0 Å². The van der Waals surface area contributed by atoms with Crippen molar-refractivity contribution in [1.29, 1.82) is 0 Å². The number of rotatable bonds is 3. The topological polar surface area (TPSA) is 17.1 Å². The molecule has 0 atom stereocenters. The summed E-state index contributed by atoms with van der Waals surface area (Å²) < 4.78 is 1.38. The smallest absolute Gasteiger partial charge is 0.173 e. The highest BCUT2D eigenvalue weighted by Crippen LogP contribution is 2.18. The van der Waals surface area contributed by atoms with Gasteiger partial charge in [0.05, 0.1) is 4.48 Å². The lowest BCUT2D eigenvalue weighted by atomic mass is 10.1. The van der Waals surface area contributed by atoms with Crippen molar-refractivity contribution < 1.29 is 4.79 Å². The normalized spacial score (nSPS) is 9.69. The molecule has 0 aliphatic heterocycles. The predicted molar refractivity (Wildman–Crippen MR) is 60.9 cm³/mol. The molecule has 0 saturated carbocycles. The zero-order valence-corrected chi connectivity index (χ0v) is 10.1. The fourth-order valence-corrected chi connectivity index (χ4v) is 1.48. The molecule has 0 saturated heterocycles. The second kappa shape index (κ2) is 4.72. The lowest BCUT2D eigenvalue weighted by Crippen LogP contribution is -2.01. The molecule has 0 aromatic heterocycles. The summed E-state index contributed by atoms with van der Waals surface area (Å²) in [6.07, 6.45) is 0.380. The molecule has 3 heteroatoms. The van der Waals surface area contributed by atoms with Gasteiger partial charge in [-0.05, 0) is 27.6 Å². The summed E-state index contributed by atoms with van der Waals surface area (Å²) in [7, 11) is 0. The van der Waals surface area contributed by atoms with E-state index in [9.17, 15) is 4.79 Å². The summed E-state index contributed by atoms with van der Waals surface area (Å²) in [5.41, 5.74) is 0.980. The molecule has 0 aliphatic rings. The van der Waals surface area contributed by atoms with Crippen molar-refractivity contribution in [3.63, 3.8) is 0 Å². The van der Waals surface area contributed by atoms with Crippen molar-refractivity contribution in [1.82, 2.24) is 0 Å². The Bertz CT molecular complexity index is 345. The molecule has 1 rings (SSSR count). The molecule has 0 aliphatic carbocycles. The fourth-order valence-electron chi connectivity index (χ4n) is 0.911. The number of Topliss-reactive ketones (excluding diaryl/α,β-unsaturated/α-hetero) is 1. The molecule has 0 heterocycles. The Morgan fingerprint density at radius 3 is 2.54 bits per heavy atom. The van der Waals surface area contributed by atoms with Gasteiger partial charge in [0.1, 0.15) is 0 Å². The first-order valence-corrected chi connectivity index (χ1v) is 5.31. The van der Waals surface area contributed by atoms with Crippen LogP contribution in [0.5, 0.6) is 0 Å². The van der Waals surface area contributed by atoms with E-state index in [1.807, 2.05) is 24.3 Å². The van der Waals surface area contributed by atoms with E-state index in [1.54, 1.807) is 0 Å². The Hall–Kier alpha value is -0.410. The standard InChI is InChI=1S/C10H8Br2O/c1-7(11)10(13)6-8-4-2-3-5-9(8)12/h2-5H,1,6H2. The van der Waals surface area contributed by atoms with Gasteiger partial charge in [-0.15, -0.1) is 0 Å². The zero-order valence-electron chi connectivity index (χ0n) is 6.89. The van der Waals surface area contributed by atoms with Gasteiger partial charge in [0.15, 0.2) is 5.78 Å². The first-order chi connectivity index (χ1) is 6.11. The highest BCUT2D eigenvalue weighted by Gasteiger charge is 2.07. The lowest BCUT2D eigenvalue weighted by molar-refractivity contribution is -0.114. The number of hydrogen-bond donors (Lipinski definition) is 0. The van der Waals surface area contributed by atoms with Crippen molar-refractivity contribution in [3.05, 3.63) is 45.4 Å². The van der Waals surface area contributed by atoms with Crippen molar-refractivity contribution in [2.24, 2.45) is 0 Å². The Morgan fingerprint density at radius 1 is 1.38 bits per heavy atom. The van der Waals surface area contributed by atoms with Crippen LogP contribution in [0.2, 0.25) is 0 Å². The summed E-state index contributed by atoms with van der Waals surface area (Å²) >= 11 is 6.44. The predicted octanol–water partition coefficient (Wildman–Crippen LogP) is 3.47. The average molecular weight is 304 g/mol. The molecule has 0 bridgehead atoms. The molecule has 0 spiro atoms. The van der Waals surface area contributed by atoms with E-state index in [0.717, 1.165) is 10.0 Å². The average Bonchev–Trinajstić information content (AvgIpc) is 2.08. The quantitative estimate of drug-likeness (QED) is 0.782. The Balaban J connectivity index is 2.81. The van der Waals surface area contributed by atoms with Crippen molar-refractivity contribution >= 4 is 37.6 Å². The van der Waals surface area contributed by atoms with Crippen LogP contribution >= 0.6 is 31.9 Å². The van der Waals surface area contributed by atoms with E-state index >= 15 is 0 Å². The summed E-state index contributed by atoms with van der Waals surface area (Å²) in [6, 6.07) is 7.66. The third kappa shape index (κ3) is 3.08. The molecule has 0 amide bonds. The Kier molecular flexibility index (Phi) is 3.88. The second-order valence-corrected chi connectivity index (χ2v) is 4.41. The van der Waals surface area contributed by atoms with Gasteiger partial charge in [-0.25, -0.2) is 0 Å². The van der Waals surface area contributed by atoms with Gasteiger partial charge in [-0.2, -0.15) is 0 Å². The second-order valence-electron chi connectivity index (χ2n) is 2.60. The minimum Gasteiger partial charge on any atom is -0.293 e. The van der Waals surface area contributed by atoms with Gasteiger partial charge in [0, 0.05) is 10.9 Å². The van der Waals surface area contributed by atoms with Crippen LogP contribution in [0.3, 0.4) is 0 Å². The molecule has 0 unspecified atom stereocenters. The van der Waals surface area contributed by atoms with Crippen LogP contribution in [0.25, 0.3) is 0 Å². The van der Waals surface area contributed by atoms with E-state index in [4.69, 9.17) is 0 Å². The van der Waals surface area contributed by atoms with Crippen LogP contribution in [-0.4, -0.2) is 5.78 Å². The molecule has 13 heavy (non-hydrogen) atoms. The number of benzene rings is 1. The van der Waals surface area contributed by atoms with Gasteiger partial charge >= 0.3 is 0 Å². The maximum absolute atomic E-state index is 11.3. The van der Waals surface area contributed by atoms with Gasteiger partial charge < -0.3 is 0 Å². The monoisotopic (exact) mass is 302 g/mol. The van der Waals surface area contributed by atoms with Crippen molar-refractivity contribution in [3.8, 4) is 0 Å². The highest BCUT2D eigenvalue weighted by atomic mass is 79.9. The van der Waals surface area contributed by atoms with Crippen LogP contribution in [0.4, 0.5) is 0 Å². The van der Waals surface area contributed by atoms with Crippen LogP contribution < -0.4 is 0 Å². The molecule has 1 aromatic carbocycles. The minimum atomic E-state index is 0.00639. The zero-order chi connectivity index (χ0) is 9.84. The molecule has 0 radical (unpaired) electrons. The number of halogens is 2. The molecule has 68 valence electrons. The first-order valence-electron chi connectivity index (χ1n) is 3.72. The largest absolute Gasteiger partial charge is 0.293 e. The van der Waals surface area contributed by atoms with Gasteiger partial charge in [0.25, 0.3) is 0 Å². The van der Waals surface area contributed by atoms with E-state index in [-0.39, 0.29) is 5.78 Å². The number of allylic oxidation sites excluding steroid dienone is 1. The molecule has 0 fully saturated rings. The molecular weight excluding hydrogens is 296 g/mol. The third-order valence-electron chi connectivity index (χ3n) is 1.61. The van der Waals surface area contributed by atoms with Crippen LogP contribution in [0, 0.1) is 0 Å². The van der Waals surface area contributed by atoms with Crippen molar-refractivity contribution in [2.45, 2.75) is 6.42 Å². The number of carbonyl (C=O) groups is 1. The fraction of sp³-hybridized carbons (Fsp3) is 0.100. The Morgan fingerprint density at radius 2 is 2.00 bits per heavy atom. The maximum atomic E-state index is 11.3. The van der Waals surface area contributed by atoms with E-state index in [2.05, 4.69) is 38.4 Å². The van der Waals surface area contributed by atoms with Crippen LogP contribution in [0.15, 0.2) is 39.8 Å². The van der Waals surface area contributed by atoms with Gasteiger partial charge in [-0.1, -0.05) is 40.7 Å². The van der Waals surface area contributed by atoms with E-state index < -0.39 is 0 Å². The number of hydrogen-bond acceptors (Lipinski definition) is 1. The first kappa shape index (κ1) is 10.7. The SMILES string of the molecule is C=C(Br)C(=O)Cc1ccccc1Br. The highest BCUT2D eigenvalue weighted by molar-refractivity contribution is 9.12. The summed E-state index contributed by atoms with van der Waals surface area (Å²) in [6.45, 7) is 3.53. The van der Waals surface area contributed by atoms with E-state index in [0.29, 0.717) is 10.9 Å². The van der Waals surface area contributed by atoms with Crippen LogP contribution in [0.1, 0.15) is 5.56 Å². The minimum absolute atomic E-state index is 0.00639. The van der Waals surface area contributed by atoms with Gasteiger partial charge in [-0.3, -0.25) is 4.79 Å². The number of carbonyl (C=O) groups excluding carboxylic acids is 1. The molecule has 0 N–H and O–H groups in total. The van der Waals surface area contributed by atoms with E-state index in [1.165, 1.54) is 0 Å². The lowest BCUT2D eigenvalue weighted by Gasteiger charge is -2.01. The number of ketones is 1. The van der Waals surface area contributed by atoms with Gasteiger partial charge in [0.2, 0.25) is 0 Å².